The predicted molar refractivity (Wildman–Crippen MR) is 110 cm³/mol. The van der Waals surface area contributed by atoms with Gasteiger partial charge in [0.25, 0.3) is 0 Å². The molecule has 0 saturated carbocycles. The van der Waals surface area contributed by atoms with Crippen LogP contribution in [-0.2, 0) is 11.2 Å². The van der Waals surface area contributed by atoms with E-state index in [1.54, 1.807) is 0 Å². The smallest absolute Gasteiger partial charge is 0.222 e. The van der Waals surface area contributed by atoms with Crippen molar-refractivity contribution in [1.29, 1.82) is 0 Å². The van der Waals surface area contributed by atoms with Gasteiger partial charge < -0.3 is 14.7 Å². The lowest BCUT2D eigenvalue weighted by Crippen LogP contribution is -2.54. The molecule has 3 saturated heterocycles. The van der Waals surface area contributed by atoms with Gasteiger partial charge in [-0.3, -0.25) is 4.79 Å². The lowest BCUT2D eigenvalue weighted by molar-refractivity contribution is -0.142. The fraction of sp³-hybridized carbons (Fsp3) is 0.696. The maximum atomic E-state index is 12.6. The van der Waals surface area contributed by atoms with Crippen LogP contribution in [0.2, 0.25) is 0 Å². The number of hydrogen-bond donors (Lipinski definition) is 0. The normalized spacial score (nSPS) is 26.8. The van der Waals surface area contributed by atoms with Crippen molar-refractivity contribution in [3.05, 3.63) is 35.9 Å². The molecule has 0 bridgehead atoms. The first-order chi connectivity index (χ1) is 13.1. The van der Waals surface area contributed by atoms with Gasteiger partial charge in [0, 0.05) is 25.6 Å². The first-order valence-corrected chi connectivity index (χ1v) is 10.9. The molecule has 1 spiro atoms. The standard InChI is InChI=1S/C23H35N3O/c1-24-15-10-21(18-24)26-19-23(11-9-22(26)27)12-16-25(17-13-23)14-5-8-20-6-3-2-4-7-20/h2-4,6-7,21H,5,8-19H2,1H3/t21-/m1/s1. The van der Waals surface area contributed by atoms with Gasteiger partial charge in [0.1, 0.15) is 0 Å². The SMILES string of the molecule is CN1CC[C@@H](N2CC3(CCC2=O)CCN(CCCc2ccccc2)CC3)C1. The zero-order valence-corrected chi connectivity index (χ0v) is 16.9. The fourth-order valence-electron chi connectivity index (χ4n) is 5.35. The molecule has 0 radical (unpaired) electrons. The highest BCUT2D eigenvalue weighted by Gasteiger charge is 2.43. The van der Waals surface area contributed by atoms with Gasteiger partial charge in [-0.2, -0.15) is 0 Å². The Morgan fingerprint density at radius 1 is 1.07 bits per heavy atom. The third-order valence-corrected chi connectivity index (χ3v) is 7.20. The van der Waals surface area contributed by atoms with Gasteiger partial charge in [0.15, 0.2) is 0 Å². The Bertz CT molecular complexity index is 624. The van der Waals surface area contributed by atoms with Crippen LogP contribution in [0.3, 0.4) is 0 Å². The average molecular weight is 370 g/mol. The van der Waals surface area contributed by atoms with Crippen LogP contribution in [-0.4, -0.2) is 73.0 Å². The topological polar surface area (TPSA) is 26.8 Å². The van der Waals surface area contributed by atoms with Crippen molar-refractivity contribution in [3.8, 4) is 0 Å². The van der Waals surface area contributed by atoms with Crippen LogP contribution >= 0.6 is 0 Å². The Morgan fingerprint density at radius 3 is 2.56 bits per heavy atom. The van der Waals surface area contributed by atoms with Gasteiger partial charge in [-0.15, -0.1) is 0 Å². The molecular formula is C23H35N3O. The minimum absolute atomic E-state index is 0.394. The van der Waals surface area contributed by atoms with E-state index in [1.165, 1.54) is 50.9 Å². The Hall–Kier alpha value is -1.39. The van der Waals surface area contributed by atoms with Crippen molar-refractivity contribution < 1.29 is 4.79 Å². The summed E-state index contributed by atoms with van der Waals surface area (Å²) in [5, 5.41) is 0. The summed E-state index contributed by atoms with van der Waals surface area (Å²) < 4.78 is 0. The average Bonchev–Trinajstić information content (AvgIpc) is 3.13. The molecule has 1 aromatic carbocycles. The van der Waals surface area contributed by atoms with E-state index in [0.29, 0.717) is 17.4 Å². The molecule has 3 aliphatic rings. The lowest BCUT2D eigenvalue weighted by atomic mass is 9.72. The summed E-state index contributed by atoms with van der Waals surface area (Å²) in [5.41, 5.74) is 1.85. The molecular weight excluding hydrogens is 334 g/mol. The highest BCUT2D eigenvalue weighted by atomic mass is 16.2. The molecule has 27 heavy (non-hydrogen) atoms. The highest BCUT2D eigenvalue weighted by Crippen LogP contribution is 2.41. The molecule has 0 unspecified atom stereocenters. The minimum Gasteiger partial charge on any atom is -0.338 e. The Labute approximate surface area is 164 Å². The molecule has 1 aromatic rings. The number of piperidine rings is 2. The highest BCUT2D eigenvalue weighted by molar-refractivity contribution is 5.77. The van der Waals surface area contributed by atoms with Gasteiger partial charge >= 0.3 is 0 Å². The molecule has 4 heteroatoms. The maximum absolute atomic E-state index is 12.6. The van der Waals surface area contributed by atoms with Crippen LogP contribution in [0.25, 0.3) is 0 Å². The van der Waals surface area contributed by atoms with Crippen molar-refractivity contribution in [1.82, 2.24) is 14.7 Å². The number of nitrogens with zero attached hydrogens (tertiary/aromatic N) is 3. The summed E-state index contributed by atoms with van der Waals surface area (Å²) in [4.78, 5) is 19.8. The second-order valence-corrected chi connectivity index (χ2v) is 9.16. The van der Waals surface area contributed by atoms with Crippen LogP contribution in [0.5, 0.6) is 0 Å². The number of likely N-dealkylation sites (N-methyl/N-ethyl adjacent to an activating group) is 1. The summed E-state index contributed by atoms with van der Waals surface area (Å²) >= 11 is 0. The summed E-state index contributed by atoms with van der Waals surface area (Å²) in [5.74, 6) is 0.409. The van der Waals surface area contributed by atoms with Crippen molar-refractivity contribution >= 4 is 5.91 Å². The van der Waals surface area contributed by atoms with Crippen LogP contribution in [0.1, 0.15) is 44.1 Å². The third-order valence-electron chi connectivity index (χ3n) is 7.20. The summed E-state index contributed by atoms with van der Waals surface area (Å²) in [6.45, 7) is 6.84. The van der Waals surface area contributed by atoms with E-state index >= 15 is 0 Å². The largest absolute Gasteiger partial charge is 0.338 e. The van der Waals surface area contributed by atoms with Crippen molar-refractivity contribution in [2.24, 2.45) is 5.41 Å². The van der Waals surface area contributed by atoms with Gasteiger partial charge in [-0.1, -0.05) is 30.3 Å². The molecule has 4 nitrogen and oxygen atoms in total. The third kappa shape index (κ3) is 4.55. The molecule has 0 aromatic heterocycles. The van der Waals surface area contributed by atoms with Gasteiger partial charge in [-0.25, -0.2) is 0 Å². The van der Waals surface area contributed by atoms with E-state index in [1.807, 2.05) is 0 Å². The second kappa shape index (κ2) is 8.32. The molecule has 148 valence electrons. The Balaban J connectivity index is 1.25. The Kier molecular flexibility index (Phi) is 5.84. The van der Waals surface area contributed by atoms with E-state index in [0.717, 1.165) is 38.9 Å². The number of benzene rings is 1. The summed E-state index contributed by atoms with van der Waals surface area (Å²) in [6, 6.07) is 11.3. The van der Waals surface area contributed by atoms with Crippen LogP contribution < -0.4 is 0 Å². The zero-order chi connectivity index (χ0) is 18.7. The number of amides is 1. The first kappa shape index (κ1) is 18.9. The van der Waals surface area contributed by atoms with E-state index in [2.05, 4.69) is 52.1 Å². The van der Waals surface area contributed by atoms with Crippen molar-refractivity contribution in [2.45, 2.75) is 51.0 Å². The van der Waals surface area contributed by atoms with E-state index in [-0.39, 0.29) is 0 Å². The number of hydrogen-bond acceptors (Lipinski definition) is 3. The zero-order valence-electron chi connectivity index (χ0n) is 16.9. The molecule has 3 heterocycles. The molecule has 0 aliphatic carbocycles. The van der Waals surface area contributed by atoms with Crippen molar-refractivity contribution in [2.75, 3.05) is 46.3 Å². The van der Waals surface area contributed by atoms with Crippen LogP contribution in [0.4, 0.5) is 0 Å². The number of likely N-dealkylation sites (tertiary alicyclic amines) is 3. The molecule has 1 amide bonds. The summed E-state index contributed by atoms with van der Waals surface area (Å²) in [7, 11) is 2.18. The lowest BCUT2D eigenvalue weighted by Gasteiger charge is -2.49. The number of rotatable bonds is 5. The molecule has 0 N–H and O–H groups in total. The second-order valence-electron chi connectivity index (χ2n) is 9.16. The molecule has 4 rings (SSSR count). The van der Waals surface area contributed by atoms with Gasteiger partial charge in [0.05, 0.1) is 0 Å². The number of aryl methyl sites for hydroxylation is 1. The predicted octanol–water partition coefficient (Wildman–Crippen LogP) is 3.03. The molecule has 3 aliphatic heterocycles. The number of carbonyl (C=O) groups is 1. The molecule has 3 fully saturated rings. The summed E-state index contributed by atoms with van der Waals surface area (Å²) in [6.07, 6.45) is 8.01. The molecule has 1 atom stereocenters. The van der Waals surface area contributed by atoms with Crippen LogP contribution in [0.15, 0.2) is 30.3 Å². The van der Waals surface area contributed by atoms with Crippen LogP contribution in [0, 0.1) is 5.41 Å². The van der Waals surface area contributed by atoms with E-state index in [9.17, 15) is 4.79 Å². The maximum Gasteiger partial charge on any atom is 0.222 e. The van der Waals surface area contributed by atoms with Crippen molar-refractivity contribution in [3.63, 3.8) is 0 Å². The quantitative estimate of drug-likeness (QED) is 0.798. The fourth-order valence-corrected chi connectivity index (χ4v) is 5.35. The number of carbonyl (C=O) groups excluding carboxylic acids is 1. The van der Waals surface area contributed by atoms with E-state index < -0.39 is 0 Å². The minimum atomic E-state index is 0.394. The Morgan fingerprint density at radius 2 is 1.85 bits per heavy atom. The monoisotopic (exact) mass is 369 g/mol. The van der Waals surface area contributed by atoms with E-state index in [4.69, 9.17) is 0 Å². The first-order valence-electron chi connectivity index (χ1n) is 10.9. The van der Waals surface area contributed by atoms with Gasteiger partial charge in [0.2, 0.25) is 5.91 Å². The van der Waals surface area contributed by atoms with Gasteiger partial charge in [-0.05, 0) is 82.7 Å².